The van der Waals surface area contributed by atoms with Crippen LogP contribution in [0.15, 0.2) is 53.8 Å². The van der Waals surface area contributed by atoms with Crippen molar-refractivity contribution < 1.29 is 30.0 Å². The van der Waals surface area contributed by atoms with Gasteiger partial charge in [-0.15, -0.1) is 0 Å². The van der Waals surface area contributed by atoms with Crippen molar-refractivity contribution in [3.8, 4) is 0 Å². The first-order chi connectivity index (χ1) is 19.2. The van der Waals surface area contributed by atoms with Crippen molar-refractivity contribution >= 4 is 36.9 Å². The van der Waals surface area contributed by atoms with Crippen molar-refractivity contribution in [2.24, 2.45) is 17.0 Å². The molecule has 2 fully saturated rings. The van der Waals surface area contributed by atoms with E-state index in [2.05, 4.69) is 9.97 Å². The molecule has 0 spiro atoms. The maximum absolute atomic E-state index is 14.7. The van der Waals surface area contributed by atoms with Gasteiger partial charge in [-0.25, -0.2) is 27.5 Å². The fourth-order valence-corrected chi connectivity index (χ4v) is 9.40. The summed E-state index contributed by atoms with van der Waals surface area (Å²) < 4.78 is 98.9. The first-order valence-corrected chi connectivity index (χ1v) is 16.1. The molecule has 1 aromatic carbocycles. The molecular formula is C26H29F3N6O4S2. The second-order valence-corrected chi connectivity index (χ2v) is 14.5. The lowest BCUT2D eigenvalue weighted by atomic mass is 9.80. The van der Waals surface area contributed by atoms with Crippen LogP contribution in [0.2, 0.25) is 0 Å². The van der Waals surface area contributed by atoms with Crippen molar-refractivity contribution in [3.63, 3.8) is 0 Å². The van der Waals surface area contributed by atoms with Gasteiger partial charge in [0.05, 0.1) is 28.3 Å². The van der Waals surface area contributed by atoms with E-state index in [1.54, 1.807) is 28.8 Å². The molecule has 4 heterocycles. The van der Waals surface area contributed by atoms with Crippen LogP contribution in [0.25, 0.3) is 16.7 Å². The summed E-state index contributed by atoms with van der Waals surface area (Å²) in [6.07, 6.45) is -0.505. The van der Waals surface area contributed by atoms with Gasteiger partial charge in [-0.3, -0.25) is 4.40 Å². The number of imidazole rings is 1. The third kappa shape index (κ3) is 4.19. The van der Waals surface area contributed by atoms with Gasteiger partial charge >= 0.3 is 6.18 Å². The molecule has 15 heteroatoms. The van der Waals surface area contributed by atoms with Crippen LogP contribution < -0.4 is 5.14 Å². The smallest absolute Gasteiger partial charge is 0.291 e. The Bertz CT molecular complexity index is 1870. The van der Waals surface area contributed by atoms with E-state index in [4.69, 9.17) is 5.14 Å². The number of benzene rings is 1. The van der Waals surface area contributed by atoms with Crippen molar-refractivity contribution in [2.45, 2.75) is 62.1 Å². The molecule has 1 unspecified atom stereocenters. The zero-order valence-electron chi connectivity index (χ0n) is 22.3. The standard InChI is InChI=1S/C26H29F3N6O4S2/c1-16-4-6-20(7-5-16)40(36,37)33-11-8-22-24(33)32-15-19-14-31-23(35(19)22)21-13-18(12-17(21)2)25(26(27,28)29)9-3-10-34(25)41(30,38)39/h4-8,11,14-15,17-18,21H,3,9-10,12-13H2,1-2H3,(H2,30,38,39)/t17-,18+,21+,25?/m1/s1. The van der Waals surface area contributed by atoms with Gasteiger partial charge in [0.2, 0.25) is 0 Å². The molecule has 1 saturated carbocycles. The zero-order chi connectivity index (χ0) is 29.5. The number of aromatic nitrogens is 4. The molecule has 6 rings (SSSR count). The number of nitrogens with two attached hydrogens (primary N) is 1. The fraction of sp³-hybridized carbons (Fsp3) is 0.462. The normalized spacial score (nSPS) is 26.4. The highest BCUT2D eigenvalue weighted by molar-refractivity contribution is 7.90. The Kier molecular flexibility index (Phi) is 6.34. The molecule has 1 aliphatic heterocycles. The van der Waals surface area contributed by atoms with Crippen LogP contribution >= 0.6 is 0 Å². The van der Waals surface area contributed by atoms with Crippen molar-refractivity contribution in [1.82, 2.24) is 22.6 Å². The van der Waals surface area contributed by atoms with E-state index in [0.29, 0.717) is 21.2 Å². The number of hydrogen-bond donors (Lipinski definition) is 1. The minimum absolute atomic E-state index is 0.0397. The number of nitrogens with zero attached hydrogens (tertiary/aromatic N) is 5. The molecule has 4 atom stereocenters. The Labute approximate surface area is 235 Å². The summed E-state index contributed by atoms with van der Waals surface area (Å²) in [7, 11) is -8.57. The van der Waals surface area contributed by atoms with Crippen molar-refractivity contribution in [3.05, 3.63) is 60.3 Å². The summed E-state index contributed by atoms with van der Waals surface area (Å²) in [5.41, 5.74) is -0.517. The third-order valence-corrected chi connectivity index (χ3v) is 11.6. The van der Waals surface area contributed by atoms with Gasteiger partial charge in [-0.05, 0) is 62.6 Å². The second-order valence-electron chi connectivity index (χ2n) is 11.2. The van der Waals surface area contributed by atoms with E-state index in [-0.39, 0.29) is 48.7 Å². The van der Waals surface area contributed by atoms with Crippen molar-refractivity contribution in [1.29, 1.82) is 0 Å². The predicted octanol–water partition coefficient (Wildman–Crippen LogP) is 3.96. The highest BCUT2D eigenvalue weighted by Crippen LogP contribution is 2.57. The largest absolute Gasteiger partial charge is 0.408 e. The summed E-state index contributed by atoms with van der Waals surface area (Å²) in [6, 6.07) is 8.03. The summed E-state index contributed by atoms with van der Waals surface area (Å²) >= 11 is 0. The second kappa shape index (κ2) is 9.24. The number of aryl methyl sites for hydroxylation is 1. The van der Waals surface area contributed by atoms with Crippen LogP contribution in [0.5, 0.6) is 0 Å². The van der Waals surface area contributed by atoms with E-state index in [9.17, 15) is 30.0 Å². The summed E-state index contributed by atoms with van der Waals surface area (Å²) in [6.45, 7) is 3.40. The zero-order valence-corrected chi connectivity index (χ0v) is 23.9. The number of fused-ring (bicyclic) bond motifs is 3. The highest BCUT2D eigenvalue weighted by Gasteiger charge is 2.68. The lowest BCUT2D eigenvalue weighted by molar-refractivity contribution is -0.227. The van der Waals surface area contributed by atoms with Crippen LogP contribution in [0.4, 0.5) is 13.2 Å². The van der Waals surface area contributed by atoms with E-state index in [1.165, 1.54) is 24.5 Å². The molecule has 3 aromatic heterocycles. The number of alkyl halides is 3. The predicted molar refractivity (Wildman–Crippen MR) is 145 cm³/mol. The number of rotatable bonds is 5. The maximum Gasteiger partial charge on any atom is 0.408 e. The van der Waals surface area contributed by atoms with E-state index in [1.807, 2.05) is 13.8 Å². The van der Waals surface area contributed by atoms with E-state index in [0.717, 1.165) is 9.54 Å². The van der Waals surface area contributed by atoms with E-state index < -0.39 is 43.8 Å². The Morgan fingerprint density at radius 2 is 1.71 bits per heavy atom. The summed E-state index contributed by atoms with van der Waals surface area (Å²) in [5.74, 6) is -1.27. The molecule has 1 saturated heterocycles. The molecule has 2 N–H and O–H groups in total. The number of halogens is 3. The summed E-state index contributed by atoms with van der Waals surface area (Å²) in [5, 5.41) is 5.29. The SMILES string of the molecule is Cc1ccc(S(=O)(=O)n2ccc3c2ncc2cnc([C@H]4C[C@@H](C5(C(F)(F)F)CCCN5S(N)(=O)=O)C[C@H]4C)n23)cc1. The Balaban J connectivity index is 1.43. The average molecular weight is 611 g/mol. The monoisotopic (exact) mass is 610 g/mol. The lowest BCUT2D eigenvalue weighted by Crippen LogP contribution is -2.62. The number of hydrogen-bond acceptors (Lipinski definition) is 6. The Morgan fingerprint density at radius 3 is 2.37 bits per heavy atom. The molecule has 41 heavy (non-hydrogen) atoms. The fourth-order valence-electron chi connectivity index (χ4n) is 6.93. The van der Waals surface area contributed by atoms with Gasteiger partial charge in [0, 0.05) is 18.7 Å². The first kappa shape index (κ1) is 28.1. The van der Waals surface area contributed by atoms with Crippen LogP contribution in [-0.4, -0.2) is 57.7 Å². The lowest BCUT2D eigenvalue weighted by Gasteiger charge is -2.42. The average Bonchev–Trinajstić information content (AvgIpc) is 3.66. The minimum atomic E-state index is -4.82. The molecule has 220 valence electrons. The third-order valence-electron chi connectivity index (χ3n) is 8.81. The van der Waals surface area contributed by atoms with Gasteiger partial charge in [-0.2, -0.15) is 25.9 Å². The topological polar surface area (TPSA) is 133 Å². The molecule has 0 amide bonds. The maximum atomic E-state index is 14.7. The quantitative estimate of drug-likeness (QED) is 0.364. The molecule has 0 radical (unpaired) electrons. The van der Waals surface area contributed by atoms with Gasteiger partial charge in [0.25, 0.3) is 20.2 Å². The van der Waals surface area contributed by atoms with Crippen LogP contribution in [0.3, 0.4) is 0 Å². The molecular weight excluding hydrogens is 581 g/mol. The van der Waals surface area contributed by atoms with Crippen LogP contribution in [-0.2, 0) is 20.2 Å². The molecule has 1 aliphatic carbocycles. The molecule has 2 aliphatic rings. The molecule has 0 bridgehead atoms. The van der Waals surface area contributed by atoms with E-state index >= 15 is 0 Å². The first-order valence-electron chi connectivity index (χ1n) is 13.2. The molecule has 10 nitrogen and oxygen atoms in total. The van der Waals surface area contributed by atoms with Gasteiger partial charge < -0.3 is 0 Å². The minimum Gasteiger partial charge on any atom is -0.291 e. The van der Waals surface area contributed by atoms with Gasteiger partial charge in [0.1, 0.15) is 11.4 Å². The van der Waals surface area contributed by atoms with Crippen LogP contribution in [0, 0.1) is 18.8 Å². The highest BCUT2D eigenvalue weighted by atomic mass is 32.2. The van der Waals surface area contributed by atoms with Gasteiger partial charge in [-0.1, -0.05) is 24.6 Å². The Morgan fingerprint density at radius 1 is 1.02 bits per heavy atom. The van der Waals surface area contributed by atoms with Crippen LogP contribution in [0.1, 0.15) is 49.9 Å². The Hall–Kier alpha value is -3.01. The molecule has 4 aromatic rings. The van der Waals surface area contributed by atoms with Gasteiger partial charge in [0.15, 0.2) is 5.65 Å². The van der Waals surface area contributed by atoms with Crippen molar-refractivity contribution in [2.75, 3.05) is 6.54 Å². The summed E-state index contributed by atoms with van der Waals surface area (Å²) in [4.78, 5) is 9.03.